The first kappa shape index (κ1) is 15.6. The topological polar surface area (TPSA) is 42.3 Å². The highest BCUT2D eigenvalue weighted by molar-refractivity contribution is 7.80. The molecule has 0 radical (unpaired) electrons. The quantitative estimate of drug-likeness (QED) is 0.865. The Kier molecular flexibility index (Phi) is 4.24. The van der Waals surface area contributed by atoms with Gasteiger partial charge in [-0.3, -0.25) is 4.98 Å². The molecule has 0 aromatic carbocycles. The molecule has 0 amide bonds. The van der Waals surface area contributed by atoms with Crippen LogP contribution in [0, 0.1) is 0 Å². The molecule has 0 spiro atoms. The summed E-state index contributed by atoms with van der Waals surface area (Å²) in [6, 6.07) is 8.39. The summed E-state index contributed by atoms with van der Waals surface area (Å²) in [4.78, 5) is 6.83. The van der Waals surface area contributed by atoms with E-state index in [1.807, 2.05) is 25.4 Å². The van der Waals surface area contributed by atoms with Crippen molar-refractivity contribution in [3.8, 4) is 0 Å². The highest BCUT2D eigenvalue weighted by atomic mass is 32.1. The summed E-state index contributed by atoms with van der Waals surface area (Å²) in [6.07, 6.45) is 8.59. The average Bonchev–Trinajstić information content (AvgIpc) is 3.31. The molecule has 0 bridgehead atoms. The minimum Gasteiger partial charge on any atom is -0.376 e. The zero-order valence-corrected chi connectivity index (χ0v) is 14.6. The lowest BCUT2D eigenvalue weighted by atomic mass is 9.99. The number of hydrogen-bond donors (Lipinski definition) is 1. The van der Waals surface area contributed by atoms with Crippen molar-refractivity contribution in [2.24, 2.45) is 7.05 Å². The Balaban J connectivity index is 1.67. The number of aryl methyl sites for hydroxylation is 1. The minimum atomic E-state index is 0.0579. The Morgan fingerprint density at radius 1 is 1.38 bits per heavy atom. The zero-order chi connectivity index (χ0) is 16.5. The fourth-order valence-corrected chi connectivity index (χ4v) is 3.99. The van der Waals surface area contributed by atoms with Crippen LogP contribution in [-0.4, -0.2) is 38.8 Å². The number of hydrogen-bond acceptors (Lipinski definition) is 3. The van der Waals surface area contributed by atoms with Gasteiger partial charge in [0.2, 0.25) is 0 Å². The summed E-state index contributed by atoms with van der Waals surface area (Å²) in [7, 11) is 2.05. The SMILES string of the molecule is Cn1ccc(C2C(c3ccccn3)NC(=S)N2CC2CCCO2)c1. The Labute approximate surface area is 147 Å². The van der Waals surface area contributed by atoms with Crippen molar-refractivity contribution in [1.29, 1.82) is 0 Å². The van der Waals surface area contributed by atoms with Gasteiger partial charge in [-0.25, -0.2) is 0 Å². The maximum absolute atomic E-state index is 5.84. The molecule has 2 aromatic rings. The van der Waals surface area contributed by atoms with Crippen molar-refractivity contribution in [3.63, 3.8) is 0 Å². The largest absolute Gasteiger partial charge is 0.376 e. The first-order valence-corrected chi connectivity index (χ1v) is 8.85. The van der Waals surface area contributed by atoms with Crippen LogP contribution < -0.4 is 5.32 Å². The molecule has 0 saturated carbocycles. The van der Waals surface area contributed by atoms with Gasteiger partial charge in [0, 0.05) is 38.8 Å². The molecule has 2 aliphatic rings. The highest BCUT2D eigenvalue weighted by Crippen LogP contribution is 2.39. The Morgan fingerprint density at radius 2 is 2.29 bits per heavy atom. The van der Waals surface area contributed by atoms with Gasteiger partial charge in [0.25, 0.3) is 0 Å². The monoisotopic (exact) mass is 342 g/mol. The van der Waals surface area contributed by atoms with Crippen molar-refractivity contribution in [3.05, 3.63) is 54.1 Å². The van der Waals surface area contributed by atoms with Crippen LogP contribution in [0.15, 0.2) is 42.9 Å². The molecule has 3 atom stereocenters. The summed E-state index contributed by atoms with van der Waals surface area (Å²) in [5.74, 6) is 0. The Hall–Kier alpha value is -1.92. The standard InChI is InChI=1S/C18H22N4OS/c1-21-9-7-13(11-21)17-16(15-6-2-3-8-19-15)20-18(24)22(17)12-14-5-4-10-23-14/h2-3,6-9,11,14,16-17H,4-5,10,12H2,1H3,(H,20,24). The van der Waals surface area contributed by atoms with Gasteiger partial charge in [0.15, 0.2) is 5.11 Å². The van der Waals surface area contributed by atoms with Crippen molar-refractivity contribution in [2.75, 3.05) is 13.2 Å². The van der Waals surface area contributed by atoms with E-state index < -0.39 is 0 Å². The first-order valence-electron chi connectivity index (χ1n) is 8.44. The third-order valence-corrected chi connectivity index (χ3v) is 5.17. The maximum Gasteiger partial charge on any atom is 0.170 e. The summed E-state index contributed by atoms with van der Waals surface area (Å²) >= 11 is 5.66. The molecule has 126 valence electrons. The molecule has 3 unspecified atom stereocenters. The number of rotatable bonds is 4. The van der Waals surface area contributed by atoms with Crippen molar-refractivity contribution in [2.45, 2.75) is 31.0 Å². The first-order chi connectivity index (χ1) is 11.7. The maximum atomic E-state index is 5.84. The highest BCUT2D eigenvalue weighted by Gasteiger charge is 2.41. The molecule has 5 nitrogen and oxygen atoms in total. The van der Waals surface area contributed by atoms with Gasteiger partial charge < -0.3 is 19.5 Å². The summed E-state index contributed by atoms with van der Waals surface area (Å²) in [5.41, 5.74) is 2.27. The molecule has 4 heterocycles. The summed E-state index contributed by atoms with van der Waals surface area (Å²) < 4.78 is 7.92. The van der Waals surface area contributed by atoms with Gasteiger partial charge in [-0.2, -0.15) is 0 Å². The molecule has 4 rings (SSSR count). The lowest BCUT2D eigenvalue weighted by molar-refractivity contribution is 0.0842. The number of pyridine rings is 1. The second kappa shape index (κ2) is 6.53. The van der Waals surface area contributed by atoms with Crippen LogP contribution in [0.3, 0.4) is 0 Å². The Bertz CT molecular complexity index is 711. The lowest BCUT2D eigenvalue weighted by Crippen LogP contribution is -2.36. The van der Waals surface area contributed by atoms with E-state index in [0.717, 1.165) is 36.8 Å². The average molecular weight is 342 g/mol. The third-order valence-electron chi connectivity index (χ3n) is 4.82. The molecule has 24 heavy (non-hydrogen) atoms. The molecule has 1 N–H and O–H groups in total. The molecule has 0 aliphatic carbocycles. The molecular formula is C18H22N4OS. The van der Waals surface area contributed by atoms with Crippen LogP contribution in [0.4, 0.5) is 0 Å². The molecule has 2 fully saturated rings. The van der Waals surface area contributed by atoms with E-state index in [-0.39, 0.29) is 18.2 Å². The van der Waals surface area contributed by atoms with Crippen LogP contribution in [-0.2, 0) is 11.8 Å². The Morgan fingerprint density at radius 3 is 2.96 bits per heavy atom. The lowest BCUT2D eigenvalue weighted by Gasteiger charge is -2.29. The fraction of sp³-hybridized carbons (Fsp3) is 0.444. The van der Waals surface area contributed by atoms with Crippen molar-refractivity contribution < 1.29 is 4.74 Å². The molecule has 2 aliphatic heterocycles. The number of thiocarbonyl (C=S) groups is 1. The van der Waals surface area contributed by atoms with Crippen molar-refractivity contribution in [1.82, 2.24) is 19.8 Å². The van der Waals surface area contributed by atoms with Crippen molar-refractivity contribution >= 4 is 17.3 Å². The van der Waals surface area contributed by atoms with E-state index >= 15 is 0 Å². The number of ether oxygens (including phenoxy) is 1. The molecule has 2 saturated heterocycles. The van der Waals surface area contributed by atoms with Gasteiger partial charge in [-0.1, -0.05) is 6.07 Å². The van der Waals surface area contributed by atoms with Crippen LogP contribution in [0.1, 0.15) is 36.2 Å². The summed E-state index contributed by atoms with van der Waals surface area (Å²) in [5, 5.41) is 4.27. The number of nitrogens with one attached hydrogen (secondary N) is 1. The fourth-order valence-electron chi connectivity index (χ4n) is 3.67. The van der Waals surface area contributed by atoms with E-state index in [0.29, 0.717) is 0 Å². The van der Waals surface area contributed by atoms with E-state index in [1.165, 1.54) is 5.56 Å². The molecule has 2 aromatic heterocycles. The third kappa shape index (κ3) is 2.91. The predicted octanol–water partition coefficient (Wildman–Crippen LogP) is 2.57. The zero-order valence-electron chi connectivity index (χ0n) is 13.8. The van der Waals surface area contributed by atoms with Gasteiger partial charge in [0.1, 0.15) is 0 Å². The predicted molar refractivity (Wildman–Crippen MR) is 96.5 cm³/mol. The van der Waals surface area contributed by atoms with Crippen LogP contribution in [0.5, 0.6) is 0 Å². The second-order valence-electron chi connectivity index (χ2n) is 6.52. The van der Waals surface area contributed by atoms with Crippen LogP contribution in [0.25, 0.3) is 0 Å². The minimum absolute atomic E-state index is 0.0579. The molecule has 6 heteroatoms. The van der Waals surface area contributed by atoms with Gasteiger partial charge in [0.05, 0.1) is 23.9 Å². The van der Waals surface area contributed by atoms with E-state index in [2.05, 4.69) is 44.3 Å². The van der Waals surface area contributed by atoms with Crippen LogP contribution >= 0.6 is 12.2 Å². The number of nitrogens with zero attached hydrogens (tertiary/aromatic N) is 3. The van der Waals surface area contributed by atoms with Gasteiger partial charge in [-0.05, 0) is 48.8 Å². The number of aromatic nitrogens is 2. The van der Waals surface area contributed by atoms with Gasteiger partial charge >= 0.3 is 0 Å². The second-order valence-corrected chi connectivity index (χ2v) is 6.91. The van der Waals surface area contributed by atoms with Gasteiger partial charge in [-0.15, -0.1) is 0 Å². The van der Waals surface area contributed by atoms with Crippen LogP contribution in [0.2, 0.25) is 0 Å². The van der Waals surface area contributed by atoms with E-state index in [1.54, 1.807) is 0 Å². The molecular weight excluding hydrogens is 320 g/mol. The van der Waals surface area contributed by atoms with E-state index in [9.17, 15) is 0 Å². The van der Waals surface area contributed by atoms with E-state index in [4.69, 9.17) is 17.0 Å². The smallest absolute Gasteiger partial charge is 0.170 e. The summed E-state index contributed by atoms with van der Waals surface area (Å²) in [6.45, 7) is 1.69. The normalized spacial score (nSPS) is 26.8.